The number of aryl methyl sites for hydroxylation is 2. The minimum absolute atomic E-state index is 0.528. The number of nitrogens with zero attached hydrogens (tertiary/aromatic N) is 6. The van der Waals surface area contributed by atoms with Crippen LogP contribution in [0, 0.1) is 6.92 Å². The van der Waals surface area contributed by atoms with Crippen molar-refractivity contribution in [2.45, 2.75) is 49.3 Å². The highest BCUT2D eigenvalue weighted by atomic mass is 32.2. The summed E-state index contributed by atoms with van der Waals surface area (Å²) in [6.07, 6.45) is 7.83. The summed E-state index contributed by atoms with van der Waals surface area (Å²) < 4.78 is 7.62. The van der Waals surface area contributed by atoms with E-state index in [1.165, 1.54) is 24.1 Å². The van der Waals surface area contributed by atoms with E-state index < -0.39 is 0 Å². The normalized spacial score (nSPS) is 13.4. The number of rotatable bonds is 5. The average Bonchev–Trinajstić information content (AvgIpc) is 3.39. The van der Waals surface area contributed by atoms with Crippen molar-refractivity contribution < 1.29 is 4.42 Å². The van der Waals surface area contributed by atoms with Gasteiger partial charge in [0.25, 0.3) is 0 Å². The van der Waals surface area contributed by atoms with E-state index in [4.69, 9.17) is 9.40 Å². The minimum atomic E-state index is 0.528. The zero-order chi connectivity index (χ0) is 19.6. The first-order chi connectivity index (χ1) is 14.3. The van der Waals surface area contributed by atoms with Gasteiger partial charge in [0, 0.05) is 17.5 Å². The summed E-state index contributed by atoms with van der Waals surface area (Å²) in [6.45, 7) is 2.48. The Balaban J connectivity index is 1.57. The van der Waals surface area contributed by atoms with Crippen molar-refractivity contribution in [3.8, 4) is 11.5 Å². The molecular weight excluding hydrogens is 384 g/mol. The van der Waals surface area contributed by atoms with Crippen molar-refractivity contribution in [1.29, 1.82) is 0 Å². The quantitative estimate of drug-likeness (QED) is 0.463. The summed E-state index contributed by atoms with van der Waals surface area (Å²) in [5.41, 5.74) is 3.20. The van der Waals surface area contributed by atoms with Crippen molar-refractivity contribution in [2.24, 2.45) is 0 Å². The lowest BCUT2D eigenvalue weighted by Crippen LogP contribution is -2.11. The van der Waals surface area contributed by atoms with Gasteiger partial charge in [-0.25, -0.2) is 9.97 Å². The Morgan fingerprint density at radius 1 is 1.07 bits per heavy atom. The van der Waals surface area contributed by atoms with Gasteiger partial charge < -0.3 is 4.42 Å². The molecule has 29 heavy (non-hydrogen) atoms. The predicted octanol–water partition coefficient (Wildman–Crippen LogP) is 4.11. The highest BCUT2D eigenvalue weighted by molar-refractivity contribution is 7.99. The fourth-order valence-electron chi connectivity index (χ4n) is 3.60. The molecule has 0 aliphatic heterocycles. The summed E-state index contributed by atoms with van der Waals surface area (Å²) in [4.78, 5) is 13.8. The Hall–Kier alpha value is -3.00. The van der Waals surface area contributed by atoms with Crippen LogP contribution in [0.5, 0.6) is 0 Å². The van der Waals surface area contributed by atoms with Gasteiger partial charge in [-0.2, -0.15) is 0 Å². The van der Waals surface area contributed by atoms with Gasteiger partial charge in [-0.15, -0.1) is 10.2 Å². The molecule has 146 valence electrons. The molecule has 0 atom stereocenters. The van der Waals surface area contributed by atoms with Gasteiger partial charge in [0.05, 0.1) is 12.8 Å². The molecule has 0 N–H and O–H groups in total. The van der Waals surface area contributed by atoms with Gasteiger partial charge in [0.15, 0.2) is 11.0 Å². The molecule has 1 aliphatic carbocycles. The molecule has 0 saturated heterocycles. The molecule has 0 saturated carbocycles. The lowest BCUT2D eigenvalue weighted by Gasteiger charge is -2.18. The van der Waals surface area contributed by atoms with Crippen LogP contribution in [0.15, 0.2) is 57.4 Å². The third kappa shape index (κ3) is 3.67. The summed E-state index contributed by atoms with van der Waals surface area (Å²) in [5, 5.41) is 10.7. The van der Waals surface area contributed by atoms with Crippen LogP contribution in [0.25, 0.3) is 11.5 Å². The molecule has 0 bridgehead atoms. The summed E-state index contributed by atoms with van der Waals surface area (Å²) >= 11 is 1.55. The van der Waals surface area contributed by atoms with E-state index in [9.17, 15) is 0 Å². The number of hydrogen-bond donors (Lipinski definition) is 0. The average molecular weight is 404 g/mol. The topological polar surface area (TPSA) is 82.5 Å². The molecule has 0 unspecified atom stereocenters. The maximum absolute atomic E-state index is 5.58. The molecule has 0 amide bonds. The first-order valence-electron chi connectivity index (χ1n) is 9.69. The Morgan fingerprint density at radius 3 is 2.83 bits per heavy atom. The Morgan fingerprint density at radius 2 is 2.00 bits per heavy atom. The zero-order valence-electron chi connectivity index (χ0n) is 16.1. The van der Waals surface area contributed by atoms with E-state index in [1.807, 2.05) is 41.8 Å². The van der Waals surface area contributed by atoms with E-state index in [1.54, 1.807) is 24.2 Å². The first-order valence-corrected chi connectivity index (χ1v) is 10.5. The summed E-state index contributed by atoms with van der Waals surface area (Å²) in [7, 11) is 0. The van der Waals surface area contributed by atoms with Crippen LogP contribution < -0.4 is 0 Å². The van der Waals surface area contributed by atoms with Crippen molar-refractivity contribution >= 4 is 11.8 Å². The number of aromatic nitrogens is 6. The Labute approximate surface area is 172 Å². The SMILES string of the molecule is Cc1nc2c(c(Sc3nnc(-c4ccccn4)n3Cc3ccco3)n1)CCCC2. The van der Waals surface area contributed by atoms with E-state index >= 15 is 0 Å². The van der Waals surface area contributed by atoms with Crippen LogP contribution in [0.2, 0.25) is 0 Å². The highest BCUT2D eigenvalue weighted by Gasteiger charge is 2.22. The third-order valence-electron chi connectivity index (χ3n) is 4.95. The minimum Gasteiger partial charge on any atom is -0.467 e. The van der Waals surface area contributed by atoms with E-state index in [0.717, 1.165) is 40.3 Å². The molecule has 1 aliphatic rings. The van der Waals surface area contributed by atoms with Crippen molar-refractivity contribution in [3.63, 3.8) is 0 Å². The first kappa shape index (κ1) is 18.1. The molecule has 4 aromatic heterocycles. The van der Waals surface area contributed by atoms with Gasteiger partial charge in [-0.1, -0.05) is 6.07 Å². The molecule has 0 fully saturated rings. The second-order valence-electron chi connectivity index (χ2n) is 7.00. The molecule has 5 rings (SSSR count). The second-order valence-corrected chi connectivity index (χ2v) is 7.95. The van der Waals surface area contributed by atoms with Crippen LogP contribution in [-0.4, -0.2) is 29.7 Å². The van der Waals surface area contributed by atoms with E-state index in [0.29, 0.717) is 12.4 Å². The number of hydrogen-bond acceptors (Lipinski definition) is 7. The van der Waals surface area contributed by atoms with Crippen LogP contribution in [0.4, 0.5) is 0 Å². The second kappa shape index (κ2) is 7.79. The number of pyridine rings is 1. The van der Waals surface area contributed by atoms with Crippen molar-refractivity contribution in [1.82, 2.24) is 29.7 Å². The maximum atomic E-state index is 5.58. The summed E-state index contributed by atoms with van der Waals surface area (Å²) in [5.74, 6) is 2.35. The van der Waals surface area contributed by atoms with Crippen LogP contribution >= 0.6 is 11.8 Å². The number of fused-ring (bicyclic) bond motifs is 1. The monoisotopic (exact) mass is 404 g/mol. The molecule has 0 aromatic carbocycles. The van der Waals surface area contributed by atoms with E-state index in [-0.39, 0.29) is 0 Å². The van der Waals surface area contributed by atoms with Crippen LogP contribution in [0.1, 0.15) is 35.7 Å². The smallest absolute Gasteiger partial charge is 0.198 e. The fraction of sp³-hybridized carbons (Fsp3) is 0.286. The zero-order valence-corrected chi connectivity index (χ0v) is 16.9. The molecule has 0 spiro atoms. The Bertz CT molecular complexity index is 1120. The largest absolute Gasteiger partial charge is 0.467 e. The maximum Gasteiger partial charge on any atom is 0.198 e. The molecule has 8 heteroatoms. The molecule has 4 aromatic rings. The van der Waals surface area contributed by atoms with Crippen molar-refractivity contribution in [3.05, 3.63) is 65.6 Å². The summed E-state index contributed by atoms with van der Waals surface area (Å²) in [6, 6.07) is 9.62. The standard InChI is InChI=1S/C21H20N6OS/c1-14-23-17-9-3-2-8-16(17)20(24-14)29-21-26-25-19(18-10-4-5-11-22-18)27(21)13-15-7-6-12-28-15/h4-7,10-12H,2-3,8-9,13H2,1H3. The van der Waals surface area contributed by atoms with Crippen LogP contribution in [0.3, 0.4) is 0 Å². The van der Waals surface area contributed by atoms with Crippen LogP contribution in [-0.2, 0) is 19.4 Å². The van der Waals surface area contributed by atoms with Gasteiger partial charge in [-0.3, -0.25) is 9.55 Å². The Kier molecular flexibility index (Phi) is 4.85. The lowest BCUT2D eigenvalue weighted by molar-refractivity contribution is 0.485. The fourth-order valence-corrected chi connectivity index (χ4v) is 4.64. The van der Waals surface area contributed by atoms with Gasteiger partial charge >= 0.3 is 0 Å². The van der Waals surface area contributed by atoms with Crippen molar-refractivity contribution in [2.75, 3.05) is 0 Å². The highest BCUT2D eigenvalue weighted by Crippen LogP contribution is 2.34. The molecule has 7 nitrogen and oxygen atoms in total. The van der Waals surface area contributed by atoms with Gasteiger partial charge in [0.2, 0.25) is 0 Å². The third-order valence-corrected chi connectivity index (χ3v) is 5.97. The molecular formula is C21H20N6OS. The molecule has 0 radical (unpaired) electrons. The van der Waals surface area contributed by atoms with Gasteiger partial charge in [-0.05, 0) is 68.6 Å². The van der Waals surface area contributed by atoms with E-state index in [2.05, 4.69) is 20.2 Å². The molecule has 4 heterocycles. The van der Waals surface area contributed by atoms with Gasteiger partial charge in [0.1, 0.15) is 22.3 Å². The lowest BCUT2D eigenvalue weighted by atomic mass is 9.97. The number of furan rings is 1. The predicted molar refractivity (Wildman–Crippen MR) is 109 cm³/mol.